The van der Waals surface area contributed by atoms with Crippen molar-refractivity contribution in [1.82, 2.24) is 5.32 Å². The van der Waals surface area contributed by atoms with Gasteiger partial charge >= 0.3 is 5.97 Å². The van der Waals surface area contributed by atoms with Crippen LogP contribution in [0.15, 0.2) is 24.8 Å². The highest BCUT2D eigenvalue weighted by molar-refractivity contribution is 5.70. The zero-order valence-electron chi connectivity index (χ0n) is 13.4. The first kappa shape index (κ1) is 17.2. The number of carbonyl (C=O) groups is 1. The van der Waals surface area contributed by atoms with E-state index < -0.39 is 0 Å². The lowest BCUT2D eigenvalue weighted by molar-refractivity contribution is -0.141. The number of benzene rings is 1. The van der Waals surface area contributed by atoms with Gasteiger partial charge in [0.25, 0.3) is 0 Å². The number of nitrogens with one attached hydrogen (secondary N) is 1. The molecule has 0 spiro atoms. The lowest BCUT2D eigenvalue weighted by Gasteiger charge is -2.20. The standard InChI is InChI=1S/C17H25NO3/c1-6-7-18-14(11-17(19)21-5)10-16-12(2)8-15(20-4)9-13(16)3/h6,8-9,14,18H,1,7,10-11H2,2-5H3. The third kappa shape index (κ3) is 5.23. The fourth-order valence-electron chi connectivity index (χ4n) is 2.39. The van der Waals surface area contributed by atoms with Crippen molar-refractivity contribution in [2.24, 2.45) is 0 Å². The van der Waals surface area contributed by atoms with Crippen molar-refractivity contribution in [1.29, 1.82) is 0 Å². The Morgan fingerprint density at radius 3 is 2.43 bits per heavy atom. The summed E-state index contributed by atoms with van der Waals surface area (Å²) in [4.78, 5) is 11.5. The second kappa shape index (κ2) is 8.47. The first-order valence-electron chi connectivity index (χ1n) is 7.07. The molecule has 0 saturated heterocycles. The summed E-state index contributed by atoms with van der Waals surface area (Å²) >= 11 is 0. The molecule has 0 amide bonds. The molecule has 1 N–H and O–H groups in total. The van der Waals surface area contributed by atoms with Crippen LogP contribution < -0.4 is 10.1 Å². The van der Waals surface area contributed by atoms with Gasteiger partial charge in [0.1, 0.15) is 5.75 Å². The zero-order valence-corrected chi connectivity index (χ0v) is 13.4. The molecule has 0 radical (unpaired) electrons. The summed E-state index contributed by atoms with van der Waals surface area (Å²) in [5, 5.41) is 3.32. The second-order valence-corrected chi connectivity index (χ2v) is 5.12. The minimum atomic E-state index is -0.208. The summed E-state index contributed by atoms with van der Waals surface area (Å²) in [6, 6.07) is 4.07. The van der Waals surface area contributed by atoms with Gasteiger partial charge in [-0.2, -0.15) is 0 Å². The topological polar surface area (TPSA) is 47.6 Å². The van der Waals surface area contributed by atoms with Crippen LogP contribution in [0, 0.1) is 13.8 Å². The van der Waals surface area contributed by atoms with Gasteiger partial charge in [-0.25, -0.2) is 0 Å². The van der Waals surface area contributed by atoms with Crippen molar-refractivity contribution in [3.63, 3.8) is 0 Å². The van der Waals surface area contributed by atoms with E-state index in [1.165, 1.54) is 23.8 Å². The van der Waals surface area contributed by atoms with E-state index in [4.69, 9.17) is 9.47 Å². The van der Waals surface area contributed by atoms with Crippen molar-refractivity contribution in [3.05, 3.63) is 41.5 Å². The molecule has 4 heteroatoms. The Morgan fingerprint density at radius 1 is 1.33 bits per heavy atom. The van der Waals surface area contributed by atoms with Crippen LogP contribution >= 0.6 is 0 Å². The van der Waals surface area contributed by atoms with E-state index in [1.807, 2.05) is 12.1 Å². The molecule has 1 aromatic rings. The normalized spacial score (nSPS) is 11.8. The Kier molecular flexibility index (Phi) is 6.96. The molecule has 0 aliphatic rings. The van der Waals surface area contributed by atoms with E-state index in [0.29, 0.717) is 13.0 Å². The second-order valence-electron chi connectivity index (χ2n) is 5.12. The number of rotatable bonds is 8. The lowest BCUT2D eigenvalue weighted by Crippen LogP contribution is -2.34. The molecule has 1 aromatic carbocycles. The van der Waals surface area contributed by atoms with Crippen molar-refractivity contribution < 1.29 is 14.3 Å². The van der Waals surface area contributed by atoms with Crippen LogP contribution in [0.5, 0.6) is 5.75 Å². The number of ether oxygens (including phenoxy) is 2. The minimum absolute atomic E-state index is 0.0289. The Hall–Kier alpha value is -1.81. The average molecular weight is 291 g/mol. The maximum atomic E-state index is 11.5. The number of methoxy groups -OCH3 is 2. The van der Waals surface area contributed by atoms with Gasteiger partial charge in [0.15, 0.2) is 0 Å². The largest absolute Gasteiger partial charge is 0.497 e. The fraction of sp³-hybridized carbons (Fsp3) is 0.471. The van der Waals surface area contributed by atoms with Gasteiger partial charge < -0.3 is 14.8 Å². The molecule has 0 bridgehead atoms. The number of hydrogen-bond donors (Lipinski definition) is 1. The van der Waals surface area contributed by atoms with Crippen LogP contribution in [0.1, 0.15) is 23.1 Å². The summed E-state index contributed by atoms with van der Waals surface area (Å²) in [5.74, 6) is 0.651. The molecular formula is C17H25NO3. The van der Waals surface area contributed by atoms with E-state index in [2.05, 4.69) is 25.7 Å². The number of aryl methyl sites for hydroxylation is 2. The summed E-state index contributed by atoms with van der Waals surface area (Å²) in [7, 11) is 3.08. The number of esters is 1. The summed E-state index contributed by atoms with van der Waals surface area (Å²) in [6.45, 7) is 8.49. The monoisotopic (exact) mass is 291 g/mol. The van der Waals surface area contributed by atoms with Gasteiger partial charge in [0.2, 0.25) is 0 Å². The van der Waals surface area contributed by atoms with Gasteiger partial charge in [-0.05, 0) is 49.1 Å². The van der Waals surface area contributed by atoms with Gasteiger partial charge in [0.05, 0.1) is 20.6 Å². The molecule has 0 heterocycles. The first-order chi connectivity index (χ1) is 10.0. The quantitative estimate of drug-likeness (QED) is 0.591. The smallest absolute Gasteiger partial charge is 0.307 e. The molecule has 0 aliphatic carbocycles. The predicted molar refractivity (Wildman–Crippen MR) is 84.8 cm³/mol. The third-order valence-electron chi connectivity index (χ3n) is 3.55. The summed E-state index contributed by atoms with van der Waals surface area (Å²) in [5.41, 5.74) is 3.57. The fourth-order valence-corrected chi connectivity index (χ4v) is 2.39. The molecular weight excluding hydrogens is 266 g/mol. The van der Waals surface area contributed by atoms with Crippen molar-refractivity contribution >= 4 is 5.97 Å². The number of carbonyl (C=O) groups excluding carboxylic acids is 1. The molecule has 21 heavy (non-hydrogen) atoms. The molecule has 1 atom stereocenters. The van der Waals surface area contributed by atoms with Crippen LogP contribution in [0.25, 0.3) is 0 Å². The summed E-state index contributed by atoms with van der Waals surface area (Å²) < 4.78 is 10.1. The van der Waals surface area contributed by atoms with E-state index >= 15 is 0 Å². The average Bonchev–Trinajstić information content (AvgIpc) is 2.47. The van der Waals surface area contributed by atoms with Crippen molar-refractivity contribution in [2.75, 3.05) is 20.8 Å². The zero-order chi connectivity index (χ0) is 15.8. The van der Waals surface area contributed by atoms with Crippen LogP contribution in [-0.4, -0.2) is 32.8 Å². The molecule has 0 fully saturated rings. The molecule has 0 aliphatic heterocycles. The van der Waals surface area contributed by atoms with Gasteiger partial charge in [0, 0.05) is 12.6 Å². The molecule has 1 rings (SSSR count). The highest BCUT2D eigenvalue weighted by Gasteiger charge is 2.17. The maximum absolute atomic E-state index is 11.5. The molecule has 0 aromatic heterocycles. The SMILES string of the molecule is C=CCNC(CC(=O)OC)Cc1c(C)cc(OC)cc1C. The highest BCUT2D eigenvalue weighted by Crippen LogP contribution is 2.23. The van der Waals surface area contributed by atoms with Gasteiger partial charge in [-0.3, -0.25) is 4.79 Å². The van der Waals surface area contributed by atoms with E-state index in [1.54, 1.807) is 13.2 Å². The molecule has 116 valence electrons. The van der Waals surface area contributed by atoms with Gasteiger partial charge in [-0.15, -0.1) is 6.58 Å². The Balaban J connectivity index is 2.91. The van der Waals surface area contributed by atoms with Crippen molar-refractivity contribution in [3.8, 4) is 5.75 Å². The molecule has 4 nitrogen and oxygen atoms in total. The highest BCUT2D eigenvalue weighted by atomic mass is 16.5. The van der Waals surface area contributed by atoms with E-state index in [9.17, 15) is 4.79 Å². The van der Waals surface area contributed by atoms with Crippen LogP contribution in [0.3, 0.4) is 0 Å². The predicted octanol–water partition coefficient (Wildman–Crippen LogP) is 2.56. The van der Waals surface area contributed by atoms with Crippen LogP contribution in [0.4, 0.5) is 0 Å². The lowest BCUT2D eigenvalue weighted by atomic mass is 9.94. The van der Waals surface area contributed by atoms with Crippen LogP contribution in [0.2, 0.25) is 0 Å². The maximum Gasteiger partial charge on any atom is 0.307 e. The molecule has 0 saturated carbocycles. The molecule has 1 unspecified atom stereocenters. The summed E-state index contributed by atoms with van der Waals surface area (Å²) in [6.07, 6.45) is 2.90. The first-order valence-corrected chi connectivity index (χ1v) is 7.07. The minimum Gasteiger partial charge on any atom is -0.497 e. The Labute approximate surface area is 127 Å². The number of hydrogen-bond acceptors (Lipinski definition) is 4. The van der Waals surface area contributed by atoms with E-state index in [-0.39, 0.29) is 12.0 Å². The van der Waals surface area contributed by atoms with Gasteiger partial charge in [-0.1, -0.05) is 6.08 Å². The Morgan fingerprint density at radius 2 is 1.95 bits per heavy atom. The third-order valence-corrected chi connectivity index (χ3v) is 3.55. The Bertz CT molecular complexity index is 474. The van der Waals surface area contributed by atoms with E-state index in [0.717, 1.165) is 12.2 Å². The van der Waals surface area contributed by atoms with Crippen LogP contribution in [-0.2, 0) is 16.0 Å². The van der Waals surface area contributed by atoms with Crippen molar-refractivity contribution in [2.45, 2.75) is 32.7 Å².